The Labute approximate surface area is 91.7 Å². The number of pyridine rings is 1. The first-order valence-corrected chi connectivity index (χ1v) is 4.69. The maximum Gasteiger partial charge on any atom is 0.225 e. The normalized spacial score (nSPS) is 10.3. The van der Waals surface area contributed by atoms with Gasteiger partial charge in [0.25, 0.3) is 0 Å². The molecule has 0 aliphatic carbocycles. The molecular formula is C9H9ClN4O. The first-order chi connectivity index (χ1) is 7.29. The Morgan fingerprint density at radius 2 is 2.33 bits per heavy atom. The van der Waals surface area contributed by atoms with E-state index in [0.717, 1.165) is 5.56 Å². The minimum Gasteiger partial charge on any atom is -0.481 e. The third kappa shape index (κ3) is 2.24. The van der Waals surface area contributed by atoms with Crippen molar-refractivity contribution in [3.05, 3.63) is 35.5 Å². The van der Waals surface area contributed by atoms with Crippen molar-refractivity contribution in [2.45, 2.75) is 6.54 Å². The van der Waals surface area contributed by atoms with E-state index in [-0.39, 0.29) is 0 Å². The first-order valence-electron chi connectivity index (χ1n) is 4.32. The lowest BCUT2D eigenvalue weighted by atomic mass is 10.3. The molecule has 0 unspecified atom stereocenters. The molecule has 0 amide bonds. The summed E-state index contributed by atoms with van der Waals surface area (Å²) in [5.41, 5.74) is 1.01. The van der Waals surface area contributed by atoms with E-state index in [0.29, 0.717) is 17.7 Å². The second-order valence-corrected chi connectivity index (χ2v) is 3.27. The Bertz CT molecular complexity index is 440. The molecular weight excluding hydrogens is 216 g/mol. The summed E-state index contributed by atoms with van der Waals surface area (Å²) in [5, 5.41) is 7.73. The molecule has 0 saturated heterocycles. The first kappa shape index (κ1) is 9.92. The van der Waals surface area contributed by atoms with E-state index in [1.807, 2.05) is 6.07 Å². The SMILES string of the molecule is COc1ccc(Cn2cnnc2Cl)cn1. The molecule has 0 aromatic carbocycles. The third-order valence-corrected chi connectivity index (χ3v) is 2.22. The van der Waals surface area contributed by atoms with Crippen LogP contribution >= 0.6 is 11.6 Å². The van der Waals surface area contributed by atoms with Crippen molar-refractivity contribution in [2.75, 3.05) is 7.11 Å². The van der Waals surface area contributed by atoms with E-state index in [4.69, 9.17) is 16.3 Å². The number of hydrogen-bond acceptors (Lipinski definition) is 4. The Balaban J connectivity index is 2.14. The van der Waals surface area contributed by atoms with Crippen molar-refractivity contribution < 1.29 is 4.74 Å². The van der Waals surface area contributed by atoms with Crippen LogP contribution in [0.25, 0.3) is 0 Å². The second-order valence-electron chi connectivity index (χ2n) is 2.94. The number of methoxy groups -OCH3 is 1. The Kier molecular flexibility index (Phi) is 2.82. The summed E-state index contributed by atoms with van der Waals surface area (Å²) in [4.78, 5) is 4.09. The van der Waals surface area contributed by atoms with Gasteiger partial charge in [-0.3, -0.25) is 4.57 Å². The number of aromatic nitrogens is 4. The van der Waals surface area contributed by atoms with Crippen molar-refractivity contribution in [1.29, 1.82) is 0 Å². The standard InChI is InChI=1S/C9H9ClN4O/c1-15-8-3-2-7(4-11-8)5-14-6-12-13-9(14)10/h2-4,6H,5H2,1H3. The highest BCUT2D eigenvalue weighted by Crippen LogP contribution is 2.10. The minimum absolute atomic E-state index is 0.366. The lowest BCUT2D eigenvalue weighted by molar-refractivity contribution is 0.397. The lowest BCUT2D eigenvalue weighted by Gasteiger charge is -2.03. The van der Waals surface area contributed by atoms with E-state index in [1.54, 1.807) is 30.3 Å². The van der Waals surface area contributed by atoms with Crippen molar-refractivity contribution in [1.82, 2.24) is 19.7 Å². The van der Waals surface area contributed by atoms with E-state index in [2.05, 4.69) is 15.2 Å². The zero-order valence-corrected chi connectivity index (χ0v) is 8.85. The Hall–Kier alpha value is -1.62. The minimum atomic E-state index is 0.366. The Morgan fingerprint density at radius 3 is 2.87 bits per heavy atom. The van der Waals surface area contributed by atoms with Crippen LogP contribution in [0.1, 0.15) is 5.56 Å². The predicted molar refractivity (Wildman–Crippen MR) is 54.9 cm³/mol. The van der Waals surface area contributed by atoms with Crippen LogP contribution in [0.4, 0.5) is 0 Å². The molecule has 78 valence electrons. The van der Waals surface area contributed by atoms with Crippen LogP contribution in [0, 0.1) is 0 Å². The van der Waals surface area contributed by atoms with Crippen molar-refractivity contribution in [3.8, 4) is 5.88 Å². The fourth-order valence-electron chi connectivity index (χ4n) is 1.17. The number of nitrogens with zero attached hydrogens (tertiary/aromatic N) is 4. The van der Waals surface area contributed by atoms with Crippen molar-refractivity contribution in [3.63, 3.8) is 0 Å². The molecule has 2 heterocycles. The molecule has 0 saturated carbocycles. The lowest BCUT2D eigenvalue weighted by Crippen LogP contribution is -1.99. The molecule has 0 atom stereocenters. The van der Waals surface area contributed by atoms with Gasteiger partial charge in [0, 0.05) is 12.3 Å². The Morgan fingerprint density at radius 1 is 1.47 bits per heavy atom. The highest BCUT2D eigenvalue weighted by Gasteiger charge is 2.01. The van der Waals surface area contributed by atoms with Gasteiger partial charge in [0.15, 0.2) is 0 Å². The van der Waals surface area contributed by atoms with Crippen LogP contribution in [0.3, 0.4) is 0 Å². The number of ether oxygens (including phenoxy) is 1. The second kappa shape index (κ2) is 4.27. The van der Waals surface area contributed by atoms with Gasteiger partial charge < -0.3 is 4.74 Å². The van der Waals surface area contributed by atoms with Gasteiger partial charge in [-0.05, 0) is 17.2 Å². The summed E-state index contributed by atoms with van der Waals surface area (Å²) in [5.74, 6) is 0.591. The summed E-state index contributed by atoms with van der Waals surface area (Å²) < 4.78 is 6.69. The van der Waals surface area contributed by atoms with Crippen LogP contribution in [0.2, 0.25) is 5.28 Å². The summed E-state index contributed by atoms with van der Waals surface area (Å²) in [6.45, 7) is 0.600. The highest BCUT2D eigenvalue weighted by atomic mass is 35.5. The molecule has 0 fully saturated rings. The van der Waals surface area contributed by atoms with Crippen LogP contribution in [0.5, 0.6) is 5.88 Å². The molecule has 15 heavy (non-hydrogen) atoms. The smallest absolute Gasteiger partial charge is 0.225 e. The third-order valence-electron chi connectivity index (χ3n) is 1.93. The van der Waals surface area contributed by atoms with Crippen LogP contribution < -0.4 is 4.74 Å². The molecule has 2 rings (SSSR count). The van der Waals surface area contributed by atoms with Crippen LogP contribution in [-0.2, 0) is 6.54 Å². The van der Waals surface area contributed by atoms with Crippen molar-refractivity contribution >= 4 is 11.6 Å². The predicted octanol–water partition coefficient (Wildman–Crippen LogP) is 1.38. The van der Waals surface area contributed by atoms with Gasteiger partial charge in [0.05, 0.1) is 13.7 Å². The van der Waals surface area contributed by atoms with Gasteiger partial charge in [-0.25, -0.2) is 4.98 Å². The van der Waals surface area contributed by atoms with Crippen molar-refractivity contribution in [2.24, 2.45) is 0 Å². The van der Waals surface area contributed by atoms with Crippen LogP contribution in [-0.4, -0.2) is 26.9 Å². The summed E-state index contributed by atoms with van der Waals surface area (Å²) >= 11 is 5.79. The zero-order chi connectivity index (χ0) is 10.7. The number of halogens is 1. The van der Waals surface area contributed by atoms with E-state index in [9.17, 15) is 0 Å². The monoisotopic (exact) mass is 224 g/mol. The van der Waals surface area contributed by atoms with Gasteiger partial charge in [-0.15, -0.1) is 10.2 Å². The molecule has 0 aliphatic rings. The maximum absolute atomic E-state index is 5.79. The van der Waals surface area contributed by atoms with Crippen LogP contribution in [0.15, 0.2) is 24.7 Å². The fourth-order valence-corrected chi connectivity index (χ4v) is 1.32. The largest absolute Gasteiger partial charge is 0.481 e. The van der Waals surface area contributed by atoms with Gasteiger partial charge in [0.1, 0.15) is 6.33 Å². The highest BCUT2D eigenvalue weighted by molar-refractivity contribution is 6.28. The molecule has 2 aromatic heterocycles. The summed E-state index contributed by atoms with van der Waals surface area (Å²) in [7, 11) is 1.58. The molecule has 0 N–H and O–H groups in total. The fraction of sp³-hybridized carbons (Fsp3) is 0.222. The van der Waals surface area contributed by atoms with Gasteiger partial charge in [-0.1, -0.05) is 6.07 Å². The molecule has 2 aromatic rings. The quantitative estimate of drug-likeness (QED) is 0.791. The topological polar surface area (TPSA) is 52.8 Å². The van der Waals surface area contributed by atoms with E-state index < -0.39 is 0 Å². The molecule has 0 aliphatic heterocycles. The zero-order valence-electron chi connectivity index (χ0n) is 8.09. The number of rotatable bonds is 3. The van der Waals surface area contributed by atoms with E-state index >= 15 is 0 Å². The van der Waals surface area contributed by atoms with Gasteiger partial charge >= 0.3 is 0 Å². The molecule has 0 spiro atoms. The molecule has 6 heteroatoms. The summed E-state index contributed by atoms with van der Waals surface area (Å²) in [6, 6.07) is 3.72. The maximum atomic E-state index is 5.79. The molecule has 0 radical (unpaired) electrons. The van der Waals surface area contributed by atoms with E-state index in [1.165, 1.54) is 0 Å². The number of hydrogen-bond donors (Lipinski definition) is 0. The summed E-state index contributed by atoms with van der Waals surface area (Å²) in [6.07, 6.45) is 3.31. The average Bonchev–Trinajstić information content (AvgIpc) is 2.66. The molecule has 0 bridgehead atoms. The molecule has 5 nitrogen and oxygen atoms in total. The average molecular weight is 225 g/mol. The van der Waals surface area contributed by atoms with Gasteiger partial charge in [0.2, 0.25) is 11.2 Å². The van der Waals surface area contributed by atoms with Gasteiger partial charge in [-0.2, -0.15) is 0 Å².